The highest BCUT2D eigenvalue weighted by atomic mass is 16.4. The molecular weight excluding hydrogens is 208 g/mol. The highest BCUT2D eigenvalue weighted by Gasteiger charge is 2.21. The molecule has 1 atom stereocenters. The number of rotatable bonds is 4. The fourth-order valence-corrected chi connectivity index (χ4v) is 1.77. The second-order valence-corrected chi connectivity index (χ2v) is 4.08. The van der Waals surface area contributed by atoms with E-state index in [1.165, 1.54) is 6.42 Å². The molecule has 6 heteroatoms. The van der Waals surface area contributed by atoms with E-state index in [0.717, 1.165) is 25.9 Å². The van der Waals surface area contributed by atoms with Gasteiger partial charge in [-0.15, -0.1) is 0 Å². The molecule has 1 heterocycles. The van der Waals surface area contributed by atoms with Crippen molar-refractivity contribution in [1.82, 2.24) is 10.2 Å². The third-order valence-electron chi connectivity index (χ3n) is 2.76. The standard InChI is InChI=1S/C10H20N4O2/c1-8(12-7-9(11)13-16)10(15)14-5-3-2-4-6-14/h8,12,16H,2-7H2,1H3,(H2,11,13). The molecule has 1 aliphatic heterocycles. The lowest BCUT2D eigenvalue weighted by molar-refractivity contribution is -0.133. The molecule has 1 rings (SSSR count). The smallest absolute Gasteiger partial charge is 0.239 e. The first-order chi connectivity index (χ1) is 7.65. The van der Waals surface area contributed by atoms with Crippen molar-refractivity contribution in [3.63, 3.8) is 0 Å². The molecule has 6 nitrogen and oxygen atoms in total. The molecule has 0 spiro atoms. The Hall–Kier alpha value is -1.30. The van der Waals surface area contributed by atoms with Crippen LogP contribution in [0.1, 0.15) is 26.2 Å². The largest absolute Gasteiger partial charge is 0.409 e. The normalized spacial score (nSPS) is 19.6. The van der Waals surface area contributed by atoms with Gasteiger partial charge >= 0.3 is 0 Å². The van der Waals surface area contributed by atoms with Crippen LogP contribution in [-0.4, -0.2) is 47.5 Å². The van der Waals surface area contributed by atoms with Crippen molar-refractivity contribution >= 4 is 11.7 Å². The number of nitrogens with one attached hydrogen (secondary N) is 1. The highest BCUT2D eigenvalue weighted by molar-refractivity contribution is 5.84. The third-order valence-corrected chi connectivity index (χ3v) is 2.76. The molecule has 0 saturated carbocycles. The molecule has 1 aliphatic rings. The fourth-order valence-electron chi connectivity index (χ4n) is 1.77. The molecule has 1 saturated heterocycles. The number of hydrogen-bond donors (Lipinski definition) is 3. The van der Waals surface area contributed by atoms with Crippen LogP contribution in [0.3, 0.4) is 0 Å². The maximum absolute atomic E-state index is 11.9. The Morgan fingerprint density at radius 1 is 1.50 bits per heavy atom. The molecule has 0 bridgehead atoms. The summed E-state index contributed by atoms with van der Waals surface area (Å²) in [6, 6.07) is -0.293. The number of nitrogens with zero attached hydrogens (tertiary/aromatic N) is 2. The number of carbonyl (C=O) groups is 1. The van der Waals surface area contributed by atoms with E-state index in [9.17, 15) is 4.79 Å². The lowest BCUT2D eigenvalue weighted by Gasteiger charge is -2.29. The summed E-state index contributed by atoms with van der Waals surface area (Å²) in [5.74, 6) is 0.170. The molecule has 1 amide bonds. The van der Waals surface area contributed by atoms with Gasteiger partial charge in [-0.3, -0.25) is 10.1 Å². The van der Waals surface area contributed by atoms with Gasteiger partial charge < -0.3 is 15.8 Å². The fraction of sp³-hybridized carbons (Fsp3) is 0.800. The zero-order chi connectivity index (χ0) is 12.0. The predicted octanol–water partition coefficient (Wildman–Crippen LogP) is -0.277. The summed E-state index contributed by atoms with van der Waals surface area (Å²) in [6.07, 6.45) is 3.37. The van der Waals surface area contributed by atoms with E-state index in [0.29, 0.717) is 0 Å². The average Bonchev–Trinajstić information content (AvgIpc) is 2.35. The summed E-state index contributed by atoms with van der Waals surface area (Å²) in [7, 11) is 0. The summed E-state index contributed by atoms with van der Waals surface area (Å²) in [6.45, 7) is 3.70. The van der Waals surface area contributed by atoms with Crippen LogP contribution in [0.4, 0.5) is 0 Å². The van der Waals surface area contributed by atoms with E-state index >= 15 is 0 Å². The number of amides is 1. The molecule has 0 aromatic carbocycles. The molecule has 92 valence electrons. The average molecular weight is 228 g/mol. The maximum atomic E-state index is 11.9. The van der Waals surface area contributed by atoms with E-state index in [-0.39, 0.29) is 24.3 Å². The lowest BCUT2D eigenvalue weighted by Crippen LogP contribution is -2.48. The molecule has 1 unspecified atom stereocenters. The van der Waals surface area contributed by atoms with E-state index in [1.54, 1.807) is 6.92 Å². The van der Waals surface area contributed by atoms with Crippen LogP contribution in [0.15, 0.2) is 5.16 Å². The molecule has 4 N–H and O–H groups in total. The van der Waals surface area contributed by atoms with Crippen molar-refractivity contribution in [1.29, 1.82) is 0 Å². The summed E-state index contributed by atoms with van der Waals surface area (Å²) < 4.78 is 0. The van der Waals surface area contributed by atoms with E-state index < -0.39 is 0 Å². The predicted molar refractivity (Wildman–Crippen MR) is 61.3 cm³/mol. The number of piperidine rings is 1. The van der Waals surface area contributed by atoms with Crippen molar-refractivity contribution < 1.29 is 10.0 Å². The lowest BCUT2D eigenvalue weighted by atomic mass is 10.1. The second-order valence-electron chi connectivity index (χ2n) is 4.08. The zero-order valence-corrected chi connectivity index (χ0v) is 9.65. The molecule has 0 radical (unpaired) electrons. The molecule has 0 aromatic heterocycles. The minimum absolute atomic E-state index is 0.0818. The first kappa shape index (κ1) is 12.8. The molecule has 0 aliphatic carbocycles. The van der Waals surface area contributed by atoms with Crippen molar-refractivity contribution in [2.45, 2.75) is 32.2 Å². The topological polar surface area (TPSA) is 91.0 Å². The van der Waals surface area contributed by atoms with Gasteiger partial charge in [0, 0.05) is 13.1 Å². The van der Waals surface area contributed by atoms with Crippen LogP contribution < -0.4 is 11.1 Å². The van der Waals surface area contributed by atoms with E-state index in [1.807, 2.05) is 4.90 Å². The summed E-state index contributed by atoms with van der Waals surface area (Å²) >= 11 is 0. The van der Waals surface area contributed by atoms with Crippen molar-refractivity contribution in [3.8, 4) is 0 Å². The SMILES string of the molecule is CC(NCC(N)=NO)C(=O)N1CCCCC1. The first-order valence-electron chi connectivity index (χ1n) is 5.63. The molecule has 1 fully saturated rings. The van der Waals surface area contributed by atoms with Crippen LogP contribution in [0, 0.1) is 0 Å². The van der Waals surface area contributed by atoms with Gasteiger partial charge in [0.2, 0.25) is 5.91 Å². The number of nitrogens with two attached hydrogens (primary N) is 1. The van der Waals surface area contributed by atoms with Crippen molar-refractivity contribution in [3.05, 3.63) is 0 Å². The van der Waals surface area contributed by atoms with Crippen molar-refractivity contribution in [2.75, 3.05) is 19.6 Å². The Balaban J connectivity index is 2.34. The van der Waals surface area contributed by atoms with Crippen LogP contribution in [0.5, 0.6) is 0 Å². The molecule has 16 heavy (non-hydrogen) atoms. The Morgan fingerprint density at radius 2 is 2.12 bits per heavy atom. The zero-order valence-electron chi connectivity index (χ0n) is 9.65. The highest BCUT2D eigenvalue weighted by Crippen LogP contribution is 2.09. The third kappa shape index (κ3) is 3.69. The Kier molecular flexibility index (Phi) is 5.04. The van der Waals surface area contributed by atoms with E-state index in [4.69, 9.17) is 10.9 Å². The maximum Gasteiger partial charge on any atom is 0.239 e. The van der Waals surface area contributed by atoms with Crippen LogP contribution in [0.2, 0.25) is 0 Å². The summed E-state index contributed by atoms with van der Waals surface area (Å²) in [4.78, 5) is 13.8. The van der Waals surface area contributed by atoms with E-state index in [2.05, 4.69) is 10.5 Å². The first-order valence-corrected chi connectivity index (χ1v) is 5.63. The summed E-state index contributed by atoms with van der Waals surface area (Å²) in [5.41, 5.74) is 5.31. The molecule has 0 aromatic rings. The van der Waals surface area contributed by atoms with Gasteiger partial charge in [0.05, 0.1) is 12.6 Å². The van der Waals surface area contributed by atoms with Gasteiger partial charge in [-0.25, -0.2) is 0 Å². The van der Waals surface area contributed by atoms with Gasteiger partial charge in [0.1, 0.15) is 0 Å². The second kappa shape index (κ2) is 6.32. The molecular formula is C10H20N4O2. The minimum Gasteiger partial charge on any atom is -0.409 e. The number of carbonyl (C=O) groups excluding carboxylic acids is 1. The quantitative estimate of drug-likeness (QED) is 0.267. The summed E-state index contributed by atoms with van der Waals surface area (Å²) in [5, 5.41) is 14.1. The van der Waals surface area contributed by atoms with Gasteiger partial charge in [0.25, 0.3) is 0 Å². The van der Waals surface area contributed by atoms with Gasteiger partial charge in [-0.1, -0.05) is 5.16 Å². The van der Waals surface area contributed by atoms with Crippen LogP contribution in [0.25, 0.3) is 0 Å². The number of oxime groups is 1. The number of hydrogen-bond acceptors (Lipinski definition) is 4. The Morgan fingerprint density at radius 3 is 2.69 bits per heavy atom. The van der Waals surface area contributed by atoms with Crippen LogP contribution in [-0.2, 0) is 4.79 Å². The minimum atomic E-state index is -0.293. The van der Waals surface area contributed by atoms with Crippen molar-refractivity contribution in [2.24, 2.45) is 10.9 Å². The van der Waals surface area contributed by atoms with Gasteiger partial charge in [-0.2, -0.15) is 0 Å². The Labute approximate surface area is 95.5 Å². The van der Waals surface area contributed by atoms with Gasteiger partial charge in [0.15, 0.2) is 5.84 Å². The number of amidine groups is 1. The van der Waals surface area contributed by atoms with Gasteiger partial charge in [-0.05, 0) is 26.2 Å². The number of likely N-dealkylation sites (tertiary alicyclic amines) is 1. The monoisotopic (exact) mass is 228 g/mol. The van der Waals surface area contributed by atoms with Crippen LogP contribution >= 0.6 is 0 Å². The Bertz CT molecular complexity index is 262.